The van der Waals surface area contributed by atoms with Gasteiger partial charge in [-0.25, -0.2) is 0 Å². The van der Waals surface area contributed by atoms with E-state index in [-0.39, 0.29) is 0 Å². The number of hydrogen-bond acceptors (Lipinski definition) is 1. The second-order valence-electron chi connectivity index (χ2n) is 5.47. The summed E-state index contributed by atoms with van der Waals surface area (Å²) in [7, 11) is 2.13. The normalized spacial score (nSPS) is 13.9. The van der Waals surface area contributed by atoms with E-state index in [4.69, 9.17) is 0 Å². The predicted molar refractivity (Wildman–Crippen MR) is 65.3 cm³/mol. The van der Waals surface area contributed by atoms with E-state index >= 15 is 0 Å². The van der Waals surface area contributed by atoms with Crippen molar-refractivity contribution in [1.82, 2.24) is 4.90 Å². The third kappa shape index (κ3) is 5.31. The van der Waals surface area contributed by atoms with Gasteiger partial charge < -0.3 is 4.90 Å². The Morgan fingerprint density at radius 2 is 1.93 bits per heavy atom. The Hall–Kier alpha value is -0.460. The summed E-state index contributed by atoms with van der Waals surface area (Å²) < 4.78 is 0. The second-order valence-corrected chi connectivity index (χ2v) is 5.47. The fourth-order valence-electron chi connectivity index (χ4n) is 1.93. The average Bonchev–Trinajstić information content (AvgIpc) is 2.02. The van der Waals surface area contributed by atoms with Crippen molar-refractivity contribution in [3.63, 3.8) is 0 Å². The van der Waals surface area contributed by atoms with Crippen LogP contribution in [0.25, 0.3) is 0 Å². The molecule has 0 aromatic heterocycles. The predicted octanol–water partition coefficient (Wildman–Crippen LogP) is 3.91. The lowest BCUT2D eigenvalue weighted by atomic mass is 9.82. The van der Waals surface area contributed by atoms with Gasteiger partial charge in [-0.15, -0.1) is 0 Å². The third-order valence-electron chi connectivity index (χ3n) is 2.91. The van der Waals surface area contributed by atoms with Gasteiger partial charge >= 0.3 is 0 Å². The van der Waals surface area contributed by atoms with Gasteiger partial charge in [0, 0.05) is 19.3 Å². The zero-order chi connectivity index (χ0) is 11.4. The molecule has 1 atom stereocenters. The lowest BCUT2D eigenvalue weighted by molar-refractivity contribution is 0.201. The van der Waals surface area contributed by atoms with Crippen molar-refractivity contribution in [2.45, 2.75) is 47.5 Å². The molecule has 0 rings (SSSR count). The Morgan fingerprint density at radius 3 is 2.29 bits per heavy atom. The molecule has 1 unspecified atom stereocenters. The fourth-order valence-corrected chi connectivity index (χ4v) is 1.93. The van der Waals surface area contributed by atoms with Crippen LogP contribution in [0, 0.1) is 11.3 Å². The van der Waals surface area contributed by atoms with Gasteiger partial charge in [-0.3, -0.25) is 0 Å². The highest BCUT2D eigenvalue weighted by Crippen LogP contribution is 2.28. The highest BCUT2D eigenvalue weighted by molar-refractivity contribution is 4.89. The summed E-state index contributed by atoms with van der Waals surface area (Å²) in [6.07, 6.45) is 2.57. The van der Waals surface area contributed by atoms with Gasteiger partial charge in [0.25, 0.3) is 0 Å². The topological polar surface area (TPSA) is 3.24 Å². The van der Waals surface area contributed by atoms with Crippen LogP contribution in [0.2, 0.25) is 0 Å². The largest absolute Gasteiger partial charge is 0.378 e. The van der Waals surface area contributed by atoms with Crippen LogP contribution in [-0.2, 0) is 0 Å². The fraction of sp³-hybridized carbons (Fsp3) is 0.846. The minimum Gasteiger partial charge on any atom is -0.378 e. The van der Waals surface area contributed by atoms with Crippen LogP contribution in [0.4, 0.5) is 0 Å². The van der Waals surface area contributed by atoms with E-state index in [0.717, 1.165) is 18.2 Å². The lowest BCUT2D eigenvalue weighted by Crippen LogP contribution is -2.31. The molecule has 0 aromatic carbocycles. The molecule has 1 heteroatoms. The second kappa shape index (κ2) is 5.43. The van der Waals surface area contributed by atoms with Crippen molar-refractivity contribution in [1.29, 1.82) is 0 Å². The van der Waals surface area contributed by atoms with Crippen LogP contribution in [0.5, 0.6) is 0 Å². The summed E-state index contributed by atoms with van der Waals surface area (Å²) in [5.74, 6) is 0.823. The van der Waals surface area contributed by atoms with Crippen molar-refractivity contribution in [3.8, 4) is 0 Å². The Morgan fingerprint density at radius 1 is 1.43 bits per heavy atom. The highest BCUT2D eigenvalue weighted by atomic mass is 15.1. The lowest BCUT2D eigenvalue weighted by Gasteiger charge is -2.33. The number of rotatable bonds is 6. The maximum absolute atomic E-state index is 3.96. The molecule has 0 saturated carbocycles. The van der Waals surface area contributed by atoms with Gasteiger partial charge in [0.15, 0.2) is 0 Å². The Kier molecular flexibility index (Phi) is 5.25. The first-order valence-corrected chi connectivity index (χ1v) is 5.65. The first kappa shape index (κ1) is 13.5. The molecule has 0 heterocycles. The van der Waals surface area contributed by atoms with E-state index in [2.05, 4.69) is 53.1 Å². The zero-order valence-corrected chi connectivity index (χ0v) is 10.9. The van der Waals surface area contributed by atoms with E-state index in [0.29, 0.717) is 5.41 Å². The molecule has 0 aliphatic rings. The summed E-state index contributed by atoms with van der Waals surface area (Å²) in [5.41, 5.74) is 1.55. The van der Waals surface area contributed by atoms with Gasteiger partial charge in [0.1, 0.15) is 0 Å². The van der Waals surface area contributed by atoms with Crippen LogP contribution < -0.4 is 0 Å². The molecule has 0 aliphatic heterocycles. The van der Waals surface area contributed by atoms with E-state index in [9.17, 15) is 0 Å². The molecule has 1 nitrogen and oxygen atoms in total. The number of allylic oxidation sites excluding steroid dienone is 1. The monoisotopic (exact) mass is 197 g/mol. The van der Waals surface area contributed by atoms with Gasteiger partial charge in [0.05, 0.1) is 0 Å². The SMILES string of the molecule is C=C(C)N(C)CC(C)(C)CC(C)CC. The molecule has 0 radical (unpaired) electrons. The Balaban J connectivity index is 4.12. The first-order chi connectivity index (χ1) is 6.28. The van der Waals surface area contributed by atoms with Crippen LogP contribution in [-0.4, -0.2) is 18.5 Å². The Labute approximate surface area is 90.2 Å². The van der Waals surface area contributed by atoms with E-state index in [1.165, 1.54) is 12.8 Å². The minimum absolute atomic E-state index is 0.392. The molecular formula is C13H27N. The Bertz CT molecular complexity index is 182. The molecule has 0 saturated heterocycles. The van der Waals surface area contributed by atoms with Crippen molar-refractivity contribution >= 4 is 0 Å². The molecule has 0 N–H and O–H groups in total. The molecule has 0 aromatic rings. The van der Waals surface area contributed by atoms with Crippen LogP contribution in [0.1, 0.15) is 47.5 Å². The minimum atomic E-state index is 0.392. The smallest absolute Gasteiger partial charge is 0.0222 e. The van der Waals surface area contributed by atoms with E-state index in [1.807, 2.05) is 0 Å². The summed E-state index contributed by atoms with van der Waals surface area (Å²) in [6, 6.07) is 0. The van der Waals surface area contributed by atoms with Crippen LogP contribution in [0.3, 0.4) is 0 Å². The molecule has 14 heavy (non-hydrogen) atoms. The number of hydrogen-bond donors (Lipinski definition) is 0. The summed E-state index contributed by atoms with van der Waals surface area (Å²) in [6.45, 7) is 16.4. The summed E-state index contributed by atoms with van der Waals surface area (Å²) >= 11 is 0. The maximum atomic E-state index is 3.96. The van der Waals surface area contributed by atoms with Gasteiger partial charge in [-0.1, -0.05) is 40.7 Å². The molecule has 0 amide bonds. The van der Waals surface area contributed by atoms with Crippen molar-refractivity contribution in [3.05, 3.63) is 12.3 Å². The molecule has 0 bridgehead atoms. The van der Waals surface area contributed by atoms with Gasteiger partial charge in [-0.2, -0.15) is 0 Å². The van der Waals surface area contributed by atoms with Gasteiger partial charge in [-0.05, 0) is 24.7 Å². The summed E-state index contributed by atoms with van der Waals surface area (Å²) in [4.78, 5) is 2.25. The number of nitrogens with zero attached hydrogens (tertiary/aromatic N) is 1. The van der Waals surface area contributed by atoms with E-state index in [1.54, 1.807) is 0 Å². The van der Waals surface area contributed by atoms with Crippen molar-refractivity contribution in [2.24, 2.45) is 11.3 Å². The average molecular weight is 197 g/mol. The first-order valence-electron chi connectivity index (χ1n) is 5.65. The molecule has 84 valence electrons. The van der Waals surface area contributed by atoms with Gasteiger partial charge in [0.2, 0.25) is 0 Å². The zero-order valence-electron chi connectivity index (χ0n) is 10.9. The van der Waals surface area contributed by atoms with E-state index < -0.39 is 0 Å². The van der Waals surface area contributed by atoms with Crippen molar-refractivity contribution < 1.29 is 0 Å². The maximum Gasteiger partial charge on any atom is 0.0222 e. The quantitative estimate of drug-likeness (QED) is 0.624. The highest BCUT2D eigenvalue weighted by Gasteiger charge is 2.22. The van der Waals surface area contributed by atoms with Crippen LogP contribution in [0.15, 0.2) is 12.3 Å². The molecule has 0 spiro atoms. The molecular weight excluding hydrogens is 170 g/mol. The summed E-state index contributed by atoms with van der Waals surface area (Å²) in [5, 5.41) is 0. The molecule has 0 aliphatic carbocycles. The van der Waals surface area contributed by atoms with Crippen molar-refractivity contribution in [2.75, 3.05) is 13.6 Å². The molecule has 0 fully saturated rings. The third-order valence-corrected chi connectivity index (χ3v) is 2.91. The standard InChI is InChI=1S/C13H27N/c1-8-12(4)9-13(5,6)10-14(7)11(2)3/h12H,2,8-10H2,1,3-7H3. The van der Waals surface area contributed by atoms with Crippen LogP contribution >= 0.6 is 0 Å².